The first-order valence-corrected chi connectivity index (χ1v) is 10.9. The highest BCUT2D eigenvalue weighted by atomic mass is 16.7. The van der Waals surface area contributed by atoms with Gasteiger partial charge in [0.2, 0.25) is 0 Å². The molecular weight excluding hydrogens is 312 g/mol. The van der Waals surface area contributed by atoms with Crippen LogP contribution in [0.2, 0.25) is 0 Å². The van der Waals surface area contributed by atoms with Gasteiger partial charge in [-0.25, -0.2) is 0 Å². The van der Waals surface area contributed by atoms with Crippen LogP contribution in [0.1, 0.15) is 83.5 Å². The monoisotopic (exact) mass is 350 g/mol. The molecule has 0 amide bonds. The standard InChI is InChI=1S/C21H38N2O2/c22-14-16-10-12-17(13-11-16)15-23-25-21(24)20(19-8-4-5-9-19)18-6-2-1-3-7-18/h16-20,23H,1-15,22H2/t16?,17?,20-/m1/s1. The van der Waals surface area contributed by atoms with Crippen molar-refractivity contribution in [3.63, 3.8) is 0 Å². The molecule has 0 bridgehead atoms. The molecule has 1 atom stereocenters. The topological polar surface area (TPSA) is 64.3 Å². The Labute approximate surface area is 153 Å². The Morgan fingerprint density at radius 2 is 1.36 bits per heavy atom. The van der Waals surface area contributed by atoms with E-state index < -0.39 is 0 Å². The summed E-state index contributed by atoms with van der Waals surface area (Å²) in [4.78, 5) is 18.5. The van der Waals surface area contributed by atoms with Crippen molar-refractivity contribution < 1.29 is 9.63 Å². The fourth-order valence-corrected chi connectivity index (χ4v) is 5.55. The summed E-state index contributed by atoms with van der Waals surface area (Å²) in [6.45, 7) is 1.63. The average molecular weight is 351 g/mol. The summed E-state index contributed by atoms with van der Waals surface area (Å²) < 4.78 is 0. The van der Waals surface area contributed by atoms with E-state index in [0.29, 0.717) is 23.7 Å². The van der Waals surface area contributed by atoms with Crippen molar-refractivity contribution in [1.29, 1.82) is 0 Å². The molecule has 0 heterocycles. The van der Waals surface area contributed by atoms with Crippen LogP contribution in [0.4, 0.5) is 0 Å². The molecule has 0 spiro atoms. The smallest absolute Gasteiger partial charge is 0.328 e. The second-order valence-electron chi connectivity index (χ2n) is 8.86. The minimum absolute atomic E-state index is 0.0365. The molecule has 3 aliphatic carbocycles. The Hall–Kier alpha value is -0.610. The summed E-state index contributed by atoms with van der Waals surface area (Å²) in [6, 6.07) is 0. The molecular formula is C21H38N2O2. The minimum Gasteiger partial charge on any atom is -0.370 e. The molecule has 0 aromatic rings. The number of nitrogens with two attached hydrogens (primary N) is 1. The summed E-state index contributed by atoms with van der Waals surface area (Å²) in [5.74, 6) is 2.65. The Morgan fingerprint density at radius 1 is 0.840 bits per heavy atom. The van der Waals surface area contributed by atoms with Crippen LogP contribution in [0.15, 0.2) is 0 Å². The fourth-order valence-electron chi connectivity index (χ4n) is 5.55. The number of rotatable bonds is 7. The zero-order valence-corrected chi connectivity index (χ0v) is 15.9. The van der Waals surface area contributed by atoms with Gasteiger partial charge in [0.15, 0.2) is 0 Å². The fraction of sp³-hybridized carbons (Fsp3) is 0.952. The second kappa shape index (κ2) is 9.91. The molecule has 0 aromatic heterocycles. The average Bonchev–Trinajstić information content (AvgIpc) is 3.17. The van der Waals surface area contributed by atoms with Gasteiger partial charge in [0.25, 0.3) is 0 Å². The SMILES string of the molecule is NCC1CCC(CNOC(=O)[C@H](C2CCCCC2)C2CCCC2)CC1. The predicted octanol–water partition coefficient (Wildman–Crippen LogP) is 4.19. The predicted molar refractivity (Wildman–Crippen MR) is 101 cm³/mol. The number of hydrogen-bond acceptors (Lipinski definition) is 4. The number of hydroxylamine groups is 1. The summed E-state index contributed by atoms with van der Waals surface area (Å²) in [6.07, 6.45) is 16.3. The van der Waals surface area contributed by atoms with Crippen LogP contribution in [0.25, 0.3) is 0 Å². The lowest BCUT2D eigenvalue weighted by Crippen LogP contribution is -2.37. The highest BCUT2D eigenvalue weighted by molar-refractivity contribution is 5.73. The molecule has 0 saturated heterocycles. The van der Waals surface area contributed by atoms with E-state index in [9.17, 15) is 4.79 Å². The van der Waals surface area contributed by atoms with Gasteiger partial charge in [-0.05, 0) is 81.6 Å². The van der Waals surface area contributed by atoms with Crippen molar-refractivity contribution in [2.24, 2.45) is 35.3 Å². The zero-order valence-electron chi connectivity index (χ0n) is 15.9. The molecule has 0 aliphatic heterocycles. The van der Waals surface area contributed by atoms with Gasteiger partial charge in [0, 0.05) is 6.54 Å². The summed E-state index contributed by atoms with van der Waals surface area (Å²) in [5, 5.41) is 0. The lowest BCUT2D eigenvalue weighted by molar-refractivity contribution is -0.162. The van der Waals surface area contributed by atoms with E-state index in [4.69, 9.17) is 10.6 Å². The zero-order chi connectivity index (χ0) is 17.5. The number of carbonyl (C=O) groups is 1. The van der Waals surface area contributed by atoms with Crippen molar-refractivity contribution >= 4 is 5.97 Å². The molecule has 3 N–H and O–H groups in total. The molecule has 0 unspecified atom stereocenters. The van der Waals surface area contributed by atoms with E-state index in [-0.39, 0.29) is 11.9 Å². The molecule has 3 saturated carbocycles. The normalized spacial score (nSPS) is 30.3. The summed E-state index contributed by atoms with van der Waals surface area (Å²) in [7, 11) is 0. The van der Waals surface area contributed by atoms with Gasteiger partial charge in [-0.3, -0.25) is 4.79 Å². The van der Waals surface area contributed by atoms with Gasteiger partial charge in [0.05, 0.1) is 5.92 Å². The molecule has 25 heavy (non-hydrogen) atoms. The van der Waals surface area contributed by atoms with E-state index in [1.54, 1.807) is 0 Å². The van der Waals surface area contributed by atoms with E-state index in [0.717, 1.165) is 13.1 Å². The van der Waals surface area contributed by atoms with Crippen LogP contribution < -0.4 is 11.2 Å². The van der Waals surface area contributed by atoms with E-state index in [2.05, 4.69) is 5.48 Å². The largest absolute Gasteiger partial charge is 0.370 e. The van der Waals surface area contributed by atoms with Gasteiger partial charge in [-0.15, -0.1) is 0 Å². The van der Waals surface area contributed by atoms with E-state index in [1.165, 1.54) is 83.5 Å². The van der Waals surface area contributed by atoms with Crippen LogP contribution >= 0.6 is 0 Å². The van der Waals surface area contributed by atoms with Crippen LogP contribution in [-0.4, -0.2) is 19.1 Å². The van der Waals surface area contributed by atoms with E-state index in [1.807, 2.05) is 0 Å². The first-order valence-electron chi connectivity index (χ1n) is 10.9. The third-order valence-corrected chi connectivity index (χ3v) is 7.18. The Morgan fingerprint density at radius 3 is 1.92 bits per heavy atom. The first kappa shape index (κ1) is 19.2. The third kappa shape index (κ3) is 5.43. The summed E-state index contributed by atoms with van der Waals surface area (Å²) >= 11 is 0. The van der Waals surface area contributed by atoms with E-state index >= 15 is 0 Å². The van der Waals surface area contributed by atoms with Crippen LogP contribution in [-0.2, 0) is 9.63 Å². The van der Waals surface area contributed by atoms with Gasteiger partial charge < -0.3 is 10.6 Å². The van der Waals surface area contributed by atoms with Gasteiger partial charge in [-0.2, -0.15) is 5.48 Å². The Balaban J connectivity index is 1.45. The highest BCUT2D eigenvalue weighted by Gasteiger charge is 2.38. The molecule has 0 aromatic carbocycles. The van der Waals surface area contributed by atoms with Crippen molar-refractivity contribution in [3.05, 3.63) is 0 Å². The lowest BCUT2D eigenvalue weighted by atomic mass is 9.73. The van der Waals surface area contributed by atoms with Gasteiger partial charge in [0.1, 0.15) is 0 Å². The van der Waals surface area contributed by atoms with Crippen molar-refractivity contribution in [3.8, 4) is 0 Å². The molecule has 4 heteroatoms. The lowest BCUT2D eigenvalue weighted by Gasteiger charge is -2.33. The highest BCUT2D eigenvalue weighted by Crippen LogP contribution is 2.41. The van der Waals surface area contributed by atoms with Crippen LogP contribution in [0.3, 0.4) is 0 Å². The maximum atomic E-state index is 12.9. The quantitative estimate of drug-likeness (QED) is 0.676. The summed E-state index contributed by atoms with van der Waals surface area (Å²) in [5.41, 5.74) is 8.82. The van der Waals surface area contributed by atoms with Crippen molar-refractivity contribution in [1.82, 2.24) is 5.48 Å². The minimum atomic E-state index is 0.0365. The number of carbonyl (C=O) groups excluding carboxylic acids is 1. The van der Waals surface area contributed by atoms with Crippen LogP contribution in [0.5, 0.6) is 0 Å². The van der Waals surface area contributed by atoms with Crippen molar-refractivity contribution in [2.75, 3.05) is 13.1 Å². The number of nitrogens with one attached hydrogen (secondary N) is 1. The Kier molecular flexibility index (Phi) is 7.60. The van der Waals surface area contributed by atoms with Crippen molar-refractivity contribution in [2.45, 2.75) is 83.5 Å². The Bertz CT molecular complexity index is 395. The third-order valence-electron chi connectivity index (χ3n) is 7.18. The molecule has 3 rings (SSSR count). The maximum absolute atomic E-state index is 12.9. The molecule has 3 aliphatic rings. The molecule has 3 fully saturated rings. The molecule has 144 valence electrons. The second-order valence-corrected chi connectivity index (χ2v) is 8.86. The van der Waals surface area contributed by atoms with Gasteiger partial charge in [-0.1, -0.05) is 32.1 Å². The molecule has 0 radical (unpaired) electrons. The van der Waals surface area contributed by atoms with Gasteiger partial charge >= 0.3 is 5.97 Å². The maximum Gasteiger partial charge on any atom is 0.328 e. The van der Waals surface area contributed by atoms with Crippen LogP contribution in [0, 0.1) is 29.6 Å². The first-order chi connectivity index (χ1) is 12.3. The number of hydrogen-bond donors (Lipinski definition) is 2. The molecule has 4 nitrogen and oxygen atoms in total.